The molecule has 11 nitrogen and oxygen atoms in total. The molecule has 1 aliphatic heterocycles. The molecule has 3 aliphatic rings. The van der Waals surface area contributed by atoms with Crippen LogP contribution >= 0.6 is 0 Å². The molecule has 3 fully saturated rings. The number of amides is 1. The Morgan fingerprint density at radius 3 is 1.86 bits per heavy atom. The smallest absolute Gasteiger partial charge is 0.471 e. The average molecular weight is 823 g/mol. The van der Waals surface area contributed by atoms with Gasteiger partial charge < -0.3 is 29.3 Å². The van der Waals surface area contributed by atoms with Crippen molar-refractivity contribution in [3.8, 4) is 0 Å². The number of halogens is 3. The lowest BCUT2D eigenvalue weighted by Gasteiger charge is -2.40. The first-order valence-corrected chi connectivity index (χ1v) is 20.0. The zero-order valence-electron chi connectivity index (χ0n) is 33.6. The second-order valence-electron chi connectivity index (χ2n) is 15.7. The van der Waals surface area contributed by atoms with E-state index in [-0.39, 0.29) is 63.9 Å². The Labute approximate surface area is 342 Å². The second kappa shape index (κ2) is 19.8. The van der Waals surface area contributed by atoms with Gasteiger partial charge in [-0.2, -0.15) is 13.2 Å². The predicted octanol–water partition coefficient (Wildman–Crippen LogP) is 7.32. The van der Waals surface area contributed by atoms with E-state index < -0.39 is 59.1 Å². The van der Waals surface area contributed by atoms with Crippen molar-refractivity contribution in [3.05, 3.63) is 108 Å². The SMILES string of the molecule is CC(=O)OC(C)[C@]1(C(=O)O)CC[C@@H](N(C(=O)C(F)(F)F)C2CCOCC2)C1.CC(O)[C@]1(C(=O)OCc2ccccc2)CC[C@@H](N=C(c2ccccc2)c2ccccc2)C1. The largest absolute Gasteiger partial charge is 0.481 e. The van der Waals surface area contributed by atoms with Crippen molar-refractivity contribution in [2.45, 2.75) is 115 Å². The molecule has 14 heteroatoms. The van der Waals surface area contributed by atoms with Gasteiger partial charge in [0.2, 0.25) is 0 Å². The van der Waals surface area contributed by atoms with Crippen LogP contribution in [-0.4, -0.2) is 94.4 Å². The van der Waals surface area contributed by atoms with Crippen LogP contribution in [0.2, 0.25) is 0 Å². The Kier molecular flexibility index (Phi) is 15.1. The van der Waals surface area contributed by atoms with Crippen LogP contribution in [0.1, 0.15) is 88.8 Å². The monoisotopic (exact) mass is 822 g/mol. The molecule has 6 atom stereocenters. The molecule has 2 saturated carbocycles. The number of nitrogens with zero attached hydrogens (tertiary/aromatic N) is 2. The van der Waals surface area contributed by atoms with Gasteiger partial charge in [-0.05, 0) is 70.8 Å². The van der Waals surface area contributed by atoms with Crippen LogP contribution in [0.4, 0.5) is 13.2 Å². The fraction of sp³-hybridized carbons (Fsp3) is 0.489. The van der Waals surface area contributed by atoms with E-state index in [1.165, 1.54) is 6.92 Å². The van der Waals surface area contributed by atoms with E-state index >= 15 is 0 Å². The maximum atomic E-state index is 13.2. The number of alkyl halides is 3. The summed E-state index contributed by atoms with van der Waals surface area (Å²) in [6, 6.07) is 28.2. The van der Waals surface area contributed by atoms with Crippen LogP contribution in [0.25, 0.3) is 0 Å². The van der Waals surface area contributed by atoms with E-state index in [2.05, 4.69) is 24.3 Å². The van der Waals surface area contributed by atoms with Crippen molar-refractivity contribution < 1.29 is 56.8 Å². The summed E-state index contributed by atoms with van der Waals surface area (Å²) in [6.07, 6.45) is -4.67. The van der Waals surface area contributed by atoms with Crippen molar-refractivity contribution in [1.82, 2.24) is 4.90 Å². The number of aliphatic hydroxyl groups is 1. The van der Waals surface area contributed by atoms with Gasteiger partial charge in [-0.15, -0.1) is 0 Å². The summed E-state index contributed by atoms with van der Waals surface area (Å²) in [4.78, 5) is 54.3. The molecular formula is C45H53F3N2O9. The lowest BCUT2D eigenvalue weighted by Crippen LogP contribution is -2.54. The maximum Gasteiger partial charge on any atom is 0.471 e. The summed E-state index contributed by atoms with van der Waals surface area (Å²) in [5.74, 6) is -4.21. The Morgan fingerprint density at radius 1 is 0.814 bits per heavy atom. The first kappa shape index (κ1) is 45.0. The van der Waals surface area contributed by atoms with E-state index in [4.69, 9.17) is 19.2 Å². The number of benzene rings is 3. The average Bonchev–Trinajstić information content (AvgIpc) is 3.88. The highest BCUT2D eigenvalue weighted by molar-refractivity contribution is 6.13. The summed E-state index contributed by atoms with van der Waals surface area (Å²) in [7, 11) is 0. The zero-order valence-corrected chi connectivity index (χ0v) is 33.6. The fourth-order valence-electron chi connectivity index (χ4n) is 8.58. The maximum absolute atomic E-state index is 13.2. The van der Waals surface area contributed by atoms with Gasteiger partial charge in [-0.3, -0.25) is 24.2 Å². The third-order valence-corrected chi connectivity index (χ3v) is 11.9. The highest BCUT2D eigenvalue weighted by Crippen LogP contribution is 2.47. The number of carbonyl (C=O) groups is 4. The van der Waals surface area contributed by atoms with Gasteiger partial charge in [0.25, 0.3) is 0 Å². The molecule has 1 saturated heterocycles. The van der Waals surface area contributed by atoms with E-state index in [0.29, 0.717) is 12.8 Å². The molecule has 1 heterocycles. The van der Waals surface area contributed by atoms with Crippen LogP contribution in [0.15, 0.2) is 96.0 Å². The van der Waals surface area contributed by atoms with Gasteiger partial charge in [0, 0.05) is 43.3 Å². The molecule has 2 unspecified atom stereocenters. The predicted molar refractivity (Wildman–Crippen MR) is 212 cm³/mol. The number of carbonyl (C=O) groups excluding carboxylic acids is 3. The molecule has 3 aromatic carbocycles. The number of hydrogen-bond acceptors (Lipinski definition) is 9. The van der Waals surface area contributed by atoms with Crippen molar-refractivity contribution in [2.75, 3.05) is 13.2 Å². The standard InChI is InChI=1S/C28H29NO3.C17H24F3NO6/c1-21(30)28(27(31)32-20-22-11-5-2-6-12-22)18-17-25(19-28)29-26(23-13-7-3-8-14-23)24-15-9-4-10-16-24;1-10(27-11(2)22)16(15(24)25)6-3-13(9-16)21(14(23)17(18,19)20)12-4-7-26-8-5-12/h2-16,21,25,30H,17-20H2,1H3;10,12-13H,3-9H2,1-2H3,(H,24,25)/t21?,25-,28+;10?,13-,16+/m11/s1. The van der Waals surface area contributed by atoms with E-state index in [9.17, 15) is 42.6 Å². The van der Waals surface area contributed by atoms with Crippen LogP contribution < -0.4 is 0 Å². The molecule has 0 bridgehead atoms. The molecule has 1 amide bonds. The second-order valence-corrected chi connectivity index (χ2v) is 15.7. The number of carboxylic acids is 1. The molecule has 0 spiro atoms. The van der Waals surface area contributed by atoms with E-state index in [1.54, 1.807) is 6.92 Å². The van der Waals surface area contributed by atoms with Gasteiger partial charge in [0.1, 0.15) is 18.1 Å². The third-order valence-electron chi connectivity index (χ3n) is 11.9. The van der Waals surface area contributed by atoms with Crippen molar-refractivity contribution in [2.24, 2.45) is 15.8 Å². The zero-order chi connectivity index (χ0) is 42.8. The Bertz CT molecular complexity index is 1860. The molecule has 318 valence electrons. The fourth-order valence-corrected chi connectivity index (χ4v) is 8.58. The molecule has 0 radical (unpaired) electrons. The number of aliphatic imine (C=N–C) groups is 1. The van der Waals surface area contributed by atoms with E-state index in [1.807, 2.05) is 66.7 Å². The minimum absolute atomic E-state index is 0.0201. The molecule has 0 aromatic heterocycles. The minimum atomic E-state index is -5.05. The first-order valence-electron chi connectivity index (χ1n) is 20.0. The molecule has 3 aromatic rings. The lowest BCUT2D eigenvalue weighted by molar-refractivity contribution is -0.193. The Morgan fingerprint density at radius 2 is 1.36 bits per heavy atom. The van der Waals surface area contributed by atoms with Crippen molar-refractivity contribution >= 4 is 29.5 Å². The Hall–Kier alpha value is -5.08. The van der Waals surface area contributed by atoms with Crippen molar-refractivity contribution in [1.29, 1.82) is 0 Å². The van der Waals surface area contributed by atoms with Crippen LogP contribution in [0.3, 0.4) is 0 Å². The lowest BCUT2D eigenvalue weighted by atomic mass is 9.80. The van der Waals surface area contributed by atoms with Gasteiger partial charge in [-0.25, -0.2) is 0 Å². The van der Waals surface area contributed by atoms with Gasteiger partial charge in [0.05, 0.1) is 23.3 Å². The summed E-state index contributed by atoms with van der Waals surface area (Å²) in [5.41, 5.74) is 1.48. The number of carboxylic acid groups (broad SMARTS) is 1. The summed E-state index contributed by atoms with van der Waals surface area (Å²) < 4.78 is 55.4. The molecule has 59 heavy (non-hydrogen) atoms. The van der Waals surface area contributed by atoms with Crippen LogP contribution in [0, 0.1) is 10.8 Å². The molecule has 2 aliphatic carbocycles. The molecule has 2 N–H and O–H groups in total. The normalized spacial score (nSPS) is 24.1. The first-order chi connectivity index (χ1) is 28.1. The van der Waals surface area contributed by atoms with Gasteiger partial charge in [-0.1, -0.05) is 91.0 Å². The summed E-state index contributed by atoms with van der Waals surface area (Å²) >= 11 is 0. The minimum Gasteiger partial charge on any atom is -0.481 e. The topological polar surface area (TPSA) is 152 Å². The third kappa shape index (κ3) is 11.0. The number of aliphatic hydroxyl groups excluding tert-OH is 1. The van der Waals surface area contributed by atoms with E-state index in [0.717, 1.165) is 40.6 Å². The number of rotatable bonds is 12. The number of ether oxygens (including phenoxy) is 3. The number of hydrogen-bond donors (Lipinski definition) is 2. The van der Waals surface area contributed by atoms with Crippen LogP contribution in [-0.2, 0) is 40.0 Å². The Balaban J connectivity index is 0.000000228. The molecule has 6 rings (SSSR count). The van der Waals surface area contributed by atoms with Crippen LogP contribution in [0.5, 0.6) is 0 Å². The van der Waals surface area contributed by atoms with Gasteiger partial charge >= 0.3 is 30.0 Å². The number of esters is 2. The number of aliphatic carboxylic acids is 1. The summed E-state index contributed by atoms with van der Waals surface area (Å²) in [5, 5.41) is 20.3. The quantitative estimate of drug-likeness (QED) is 0.142. The highest BCUT2D eigenvalue weighted by Gasteiger charge is 2.56. The summed E-state index contributed by atoms with van der Waals surface area (Å²) in [6.45, 7) is 4.94. The highest BCUT2D eigenvalue weighted by atomic mass is 19.4. The molecular weight excluding hydrogens is 769 g/mol. The van der Waals surface area contributed by atoms with Gasteiger partial charge in [0.15, 0.2) is 0 Å². The van der Waals surface area contributed by atoms with Crippen molar-refractivity contribution in [3.63, 3.8) is 0 Å².